The summed E-state index contributed by atoms with van der Waals surface area (Å²) in [5.41, 5.74) is 2.69. The normalized spacial score (nSPS) is 11.1. The molecule has 0 aliphatic carbocycles. The first-order valence-electron chi connectivity index (χ1n) is 5.34. The Morgan fingerprint density at radius 3 is 2.59 bits per heavy atom. The van der Waals surface area contributed by atoms with E-state index in [9.17, 15) is 5.11 Å². The fourth-order valence-corrected chi connectivity index (χ4v) is 1.97. The third-order valence-electron chi connectivity index (χ3n) is 3.01. The van der Waals surface area contributed by atoms with Gasteiger partial charge in [-0.3, -0.25) is 4.68 Å². The van der Waals surface area contributed by atoms with Crippen molar-refractivity contribution in [1.82, 2.24) is 19.3 Å². The minimum atomic E-state index is 0.0129. The lowest BCUT2D eigenvalue weighted by atomic mass is 10.2. The molecule has 0 aliphatic rings. The molecule has 5 nitrogen and oxygen atoms in total. The second kappa shape index (κ2) is 4.50. The Morgan fingerprint density at radius 2 is 2.12 bits per heavy atom. The lowest BCUT2D eigenvalue weighted by molar-refractivity contribution is 0.280. The molecule has 0 bridgehead atoms. The molecule has 6 heteroatoms. The van der Waals surface area contributed by atoms with Gasteiger partial charge >= 0.3 is 0 Å². The molecule has 0 atom stereocenters. The van der Waals surface area contributed by atoms with Crippen LogP contribution in [0.5, 0.6) is 0 Å². The van der Waals surface area contributed by atoms with Crippen LogP contribution in [0.3, 0.4) is 0 Å². The quantitative estimate of drug-likeness (QED) is 0.902. The molecule has 92 valence electrons. The van der Waals surface area contributed by atoms with E-state index in [4.69, 9.17) is 11.6 Å². The van der Waals surface area contributed by atoms with E-state index < -0.39 is 0 Å². The van der Waals surface area contributed by atoms with Crippen molar-refractivity contribution in [1.29, 1.82) is 0 Å². The lowest BCUT2D eigenvalue weighted by Gasteiger charge is -2.05. The highest BCUT2D eigenvalue weighted by molar-refractivity contribution is 6.29. The Balaban J connectivity index is 2.34. The van der Waals surface area contributed by atoms with Gasteiger partial charge in [-0.1, -0.05) is 11.6 Å². The van der Waals surface area contributed by atoms with Crippen molar-refractivity contribution in [3.8, 4) is 0 Å². The number of aromatic nitrogens is 4. The maximum absolute atomic E-state index is 9.24. The second-order valence-corrected chi connectivity index (χ2v) is 4.41. The number of hydrogen-bond acceptors (Lipinski definition) is 3. The van der Waals surface area contributed by atoms with Gasteiger partial charge in [0, 0.05) is 18.3 Å². The Labute approximate surface area is 105 Å². The Morgan fingerprint density at radius 1 is 1.41 bits per heavy atom. The van der Waals surface area contributed by atoms with Crippen LogP contribution in [-0.2, 0) is 20.2 Å². The van der Waals surface area contributed by atoms with Crippen molar-refractivity contribution in [3.05, 3.63) is 34.1 Å². The van der Waals surface area contributed by atoms with Crippen molar-refractivity contribution in [2.24, 2.45) is 7.05 Å². The molecule has 0 radical (unpaired) electrons. The maximum atomic E-state index is 9.24. The fraction of sp³-hybridized carbons (Fsp3) is 0.455. The van der Waals surface area contributed by atoms with Crippen LogP contribution < -0.4 is 0 Å². The highest BCUT2D eigenvalue weighted by Crippen LogP contribution is 2.15. The number of hydrogen-bond donors (Lipinski definition) is 1. The molecule has 17 heavy (non-hydrogen) atoms. The first-order chi connectivity index (χ1) is 8.04. The molecule has 2 aromatic rings. The summed E-state index contributed by atoms with van der Waals surface area (Å²) >= 11 is 5.93. The van der Waals surface area contributed by atoms with Crippen LogP contribution in [-0.4, -0.2) is 24.4 Å². The van der Waals surface area contributed by atoms with Crippen molar-refractivity contribution < 1.29 is 5.11 Å². The predicted octanol–water partition coefficient (Wildman–Crippen LogP) is 1.43. The van der Waals surface area contributed by atoms with E-state index in [1.807, 2.05) is 30.1 Å². The van der Waals surface area contributed by atoms with Crippen molar-refractivity contribution in [2.75, 3.05) is 0 Å². The Kier molecular flexibility index (Phi) is 3.22. The summed E-state index contributed by atoms with van der Waals surface area (Å²) in [6.07, 6.45) is 1.62. The Bertz CT molecular complexity index is 544. The van der Waals surface area contributed by atoms with Crippen molar-refractivity contribution >= 4 is 11.6 Å². The van der Waals surface area contributed by atoms with Crippen LogP contribution in [0.25, 0.3) is 0 Å². The molecule has 1 N–H and O–H groups in total. The minimum absolute atomic E-state index is 0.0129. The van der Waals surface area contributed by atoms with E-state index in [-0.39, 0.29) is 6.61 Å². The van der Waals surface area contributed by atoms with Gasteiger partial charge < -0.3 is 9.67 Å². The smallest absolute Gasteiger partial charge is 0.131 e. The standard InChI is InChI=1S/C11H15ClN4O/c1-7-9(6-17)8(2)16(14-7)5-11-13-4-10(12)15(11)3/h4,17H,5-6H2,1-3H3. The molecule has 0 aromatic carbocycles. The van der Waals surface area contributed by atoms with E-state index in [0.29, 0.717) is 11.7 Å². The molecule has 0 amide bonds. The van der Waals surface area contributed by atoms with Gasteiger partial charge in [0.05, 0.1) is 25.0 Å². The van der Waals surface area contributed by atoms with Crippen molar-refractivity contribution in [2.45, 2.75) is 27.0 Å². The molecular formula is C11H15ClN4O. The summed E-state index contributed by atoms with van der Waals surface area (Å²) in [5.74, 6) is 0.838. The van der Waals surface area contributed by atoms with Gasteiger partial charge in [-0.15, -0.1) is 0 Å². The number of imidazole rings is 1. The number of aliphatic hydroxyl groups excluding tert-OH is 1. The third-order valence-corrected chi connectivity index (χ3v) is 3.36. The van der Waals surface area contributed by atoms with Gasteiger partial charge in [0.15, 0.2) is 0 Å². The summed E-state index contributed by atoms with van der Waals surface area (Å²) in [6.45, 7) is 4.39. The zero-order valence-corrected chi connectivity index (χ0v) is 10.9. The zero-order chi connectivity index (χ0) is 12.6. The van der Waals surface area contributed by atoms with E-state index in [0.717, 1.165) is 22.8 Å². The molecule has 2 aromatic heterocycles. The summed E-state index contributed by atoms with van der Waals surface area (Å²) in [7, 11) is 1.86. The molecule has 0 fully saturated rings. The number of rotatable bonds is 3. The number of aryl methyl sites for hydroxylation is 1. The average Bonchev–Trinajstić information content (AvgIpc) is 2.74. The molecule has 0 saturated heterocycles. The first-order valence-corrected chi connectivity index (χ1v) is 5.72. The SMILES string of the molecule is Cc1nn(Cc2ncc(Cl)n2C)c(C)c1CO. The minimum Gasteiger partial charge on any atom is -0.392 e. The topological polar surface area (TPSA) is 55.9 Å². The Hall–Kier alpha value is -1.33. The molecule has 0 spiro atoms. The van der Waals surface area contributed by atoms with Gasteiger partial charge in [0.2, 0.25) is 0 Å². The van der Waals surface area contributed by atoms with Gasteiger partial charge in [0.25, 0.3) is 0 Å². The largest absolute Gasteiger partial charge is 0.392 e. The molecule has 0 aliphatic heterocycles. The maximum Gasteiger partial charge on any atom is 0.131 e. The highest BCUT2D eigenvalue weighted by atomic mass is 35.5. The van der Waals surface area contributed by atoms with E-state index in [1.165, 1.54) is 0 Å². The number of halogens is 1. The van der Waals surface area contributed by atoms with Gasteiger partial charge in [-0.05, 0) is 13.8 Å². The van der Waals surface area contributed by atoms with Crippen LogP contribution in [0.4, 0.5) is 0 Å². The molecule has 2 rings (SSSR count). The molecule has 0 unspecified atom stereocenters. The summed E-state index contributed by atoms with van der Waals surface area (Å²) in [5, 5.41) is 14.2. The van der Waals surface area contributed by atoms with Crippen LogP contribution in [0.15, 0.2) is 6.20 Å². The summed E-state index contributed by atoms with van der Waals surface area (Å²) in [6, 6.07) is 0. The van der Waals surface area contributed by atoms with E-state index in [2.05, 4.69) is 10.1 Å². The molecular weight excluding hydrogens is 240 g/mol. The first kappa shape index (κ1) is 12.1. The van der Waals surface area contributed by atoms with Crippen molar-refractivity contribution in [3.63, 3.8) is 0 Å². The average molecular weight is 255 g/mol. The van der Waals surface area contributed by atoms with E-state index in [1.54, 1.807) is 6.20 Å². The van der Waals surface area contributed by atoms with E-state index >= 15 is 0 Å². The van der Waals surface area contributed by atoms with Gasteiger partial charge in [-0.2, -0.15) is 5.10 Å². The third kappa shape index (κ3) is 2.08. The van der Waals surface area contributed by atoms with Crippen LogP contribution in [0.2, 0.25) is 5.15 Å². The second-order valence-electron chi connectivity index (χ2n) is 4.02. The fourth-order valence-electron chi connectivity index (χ4n) is 1.82. The molecule has 2 heterocycles. The van der Waals surface area contributed by atoms with Crippen LogP contribution in [0.1, 0.15) is 22.8 Å². The highest BCUT2D eigenvalue weighted by Gasteiger charge is 2.12. The van der Waals surface area contributed by atoms with Gasteiger partial charge in [-0.25, -0.2) is 4.98 Å². The van der Waals surface area contributed by atoms with Gasteiger partial charge in [0.1, 0.15) is 11.0 Å². The number of aliphatic hydroxyl groups is 1. The van der Waals surface area contributed by atoms with Crippen LogP contribution in [0, 0.1) is 13.8 Å². The zero-order valence-electron chi connectivity index (χ0n) is 10.1. The summed E-state index contributed by atoms with van der Waals surface area (Å²) in [4.78, 5) is 4.22. The molecule has 0 saturated carbocycles. The lowest BCUT2D eigenvalue weighted by Crippen LogP contribution is -2.09. The summed E-state index contributed by atoms with van der Waals surface area (Å²) < 4.78 is 3.65. The number of nitrogens with zero attached hydrogens (tertiary/aromatic N) is 4. The monoisotopic (exact) mass is 254 g/mol. The van der Waals surface area contributed by atoms with Crippen LogP contribution >= 0.6 is 11.6 Å². The predicted molar refractivity (Wildman–Crippen MR) is 64.9 cm³/mol.